The van der Waals surface area contributed by atoms with Crippen LogP contribution >= 0.6 is 15.9 Å². The Morgan fingerprint density at radius 2 is 2.27 bits per heavy atom. The second-order valence-electron chi connectivity index (χ2n) is 2.14. The lowest BCUT2D eigenvalue weighted by Gasteiger charge is -1.96. The Kier molecular flexibility index (Phi) is 2.52. The highest BCUT2D eigenvalue weighted by atomic mass is 79.9. The van der Waals surface area contributed by atoms with Gasteiger partial charge in [-0.3, -0.25) is 0 Å². The molecule has 0 aromatic heterocycles. The van der Waals surface area contributed by atoms with Gasteiger partial charge >= 0.3 is 0 Å². The van der Waals surface area contributed by atoms with Crippen LogP contribution in [-0.2, 0) is 0 Å². The molecular formula is C7H6BrN3. The molecule has 1 aromatic rings. The summed E-state index contributed by atoms with van der Waals surface area (Å²) in [6, 6.07) is 5.63. The number of rotatable bonds is 1. The first-order valence-electron chi connectivity index (χ1n) is 3.05. The van der Waals surface area contributed by atoms with E-state index in [0.29, 0.717) is 5.69 Å². The van der Waals surface area contributed by atoms with Gasteiger partial charge in [0.2, 0.25) is 0 Å². The van der Waals surface area contributed by atoms with Gasteiger partial charge in [0.25, 0.3) is 0 Å². The van der Waals surface area contributed by atoms with E-state index in [1.54, 1.807) is 0 Å². The van der Waals surface area contributed by atoms with Gasteiger partial charge in [0, 0.05) is 9.38 Å². The largest absolute Gasteiger partial charge is 0.0596 e. The standard InChI is InChI=1S/C7H6BrN3/c1-5-2-3-6(8)7(4-5)10-11-9/h2-4H,1H3. The first-order valence-corrected chi connectivity index (χ1v) is 3.84. The Labute approximate surface area is 72.8 Å². The molecule has 0 aliphatic rings. The molecule has 3 nitrogen and oxygen atoms in total. The molecule has 0 unspecified atom stereocenters. The van der Waals surface area contributed by atoms with Gasteiger partial charge in [-0.2, -0.15) is 0 Å². The van der Waals surface area contributed by atoms with E-state index in [1.807, 2.05) is 25.1 Å². The fourth-order valence-corrected chi connectivity index (χ4v) is 1.07. The van der Waals surface area contributed by atoms with Crippen molar-refractivity contribution in [3.05, 3.63) is 38.7 Å². The van der Waals surface area contributed by atoms with E-state index in [-0.39, 0.29) is 0 Å². The summed E-state index contributed by atoms with van der Waals surface area (Å²) in [6.07, 6.45) is 0. The summed E-state index contributed by atoms with van der Waals surface area (Å²) < 4.78 is 0.820. The van der Waals surface area contributed by atoms with Crippen molar-refractivity contribution in [3.63, 3.8) is 0 Å². The quantitative estimate of drug-likeness (QED) is 0.387. The first-order chi connectivity index (χ1) is 5.24. The van der Waals surface area contributed by atoms with E-state index in [1.165, 1.54) is 0 Å². The van der Waals surface area contributed by atoms with E-state index in [9.17, 15) is 0 Å². The molecule has 1 rings (SSSR count). The summed E-state index contributed by atoms with van der Waals surface area (Å²) >= 11 is 3.27. The van der Waals surface area contributed by atoms with Gasteiger partial charge in [0.15, 0.2) is 0 Å². The summed E-state index contributed by atoms with van der Waals surface area (Å²) in [4.78, 5) is 2.70. The van der Waals surface area contributed by atoms with Crippen molar-refractivity contribution in [1.29, 1.82) is 0 Å². The minimum atomic E-state index is 0.632. The van der Waals surface area contributed by atoms with Crippen LogP contribution < -0.4 is 0 Å². The van der Waals surface area contributed by atoms with Gasteiger partial charge in [-0.25, -0.2) is 0 Å². The predicted molar refractivity (Wildman–Crippen MR) is 47.7 cm³/mol. The predicted octanol–water partition coefficient (Wildman–Crippen LogP) is 3.70. The van der Waals surface area contributed by atoms with E-state index in [0.717, 1.165) is 10.0 Å². The van der Waals surface area contributed by atoms with Crippen LogP contribution in [0.5, 0.6) is 0 Å². The van der Waals surface area contributed by atoms with Crippen LogP contribution in [0.25, 0.3) is 10.4 Å². The minimum Gasteiger partial charge on any atom is -0.0596 e. The minimum absolute atomic E-state index is 0.632. The Bertz CT molecular complexity index is 315. The second-order valence-corrected chi connectivity index (χ2v) is 3.00. The highest BCUT2D eigenvalue weighted by Crippen LogP contribution is 2.25. The molecule has 0 N–H and O–H groups in total. The Morgan fingerprint density at radius 1 is 1.55 bits per heavy atom. The van der Waals surface area contributed by atoms with Crippen molar-refractivity contribution >= 4 is 21.6 Å². The maximum Gasteiger partial charge on any atom is 0.0520 e. The third kappa shape index (κ3) is 1.97. The average Bonchev–Trinajstić information content (AvgIpc) is 1.98. The van der Waals surface area contributed by atoms with Crippen molar-refractivity contribution in [1.82, 2.24) is 0 Å². The van der Waals surface area contributed by atoms with Crippen molar-refractivity contribution in [3.8, 4) is 0 Å². The van der Waals surface area contributed by atoms with Gasteiger partial charge in [0.1, 0.15) is 0 Å². The Balaban J connectivity index is 3.22. The zero-order valence-corrected chi connectivity index (χ0v) is 7.54. The molecule has 0 atom stereocenters. The SMILES string of the molecule is Cc1ccc(Br)c(N=[N+]=[N-])c1. The Hall–Kier alpha value is -0.990. The molecule has 0 fully saturated rings. The third-order valence-electron chi connectivity index (χ3n) is 1.25. The highest BCUT2D eigenvalue weighted by Gasteiger charge is 1.95. The molecule has 0 saturated heterocycles. The lowest BCUT2D eigenvalue weighted by molar-refractivity contribution is 1.39. The smallest absolute Gasteiger partial charge is 0.0520 e. The molecule has 1 aromatic carbocycles. The number of nitrogens with zero attached hydrogens (tertiary/aromatic N) is 3. The molecular weight excluding hydrogens is 206 g/mol. The van der Waals surface area contributed by atoms with Crippen molar-refractivity contribution in [2.75, 3.05) is 0 Å². The first kappa shape index (κ1) is 8.11. The number of hydrogen-bond acceptors (Lipinski definition) is 1. The topological polar surface area (TPSA) is 48.8 Å². The zero-order valence-electron chi connectivity index (χ0n) is 5.95. The summed E-state index contributed by atoms with van der Waals surface area (Å²) in [7, 11) is 0. The van der Waals surface area contributed by atoms with Crippen LogP contribution in [0, 0.1) is 6.92 Å². The molecule has 0 heterocycles. The van der Waals surface area contributed by atoms with E-state index in [2.05, 4.69) is 26.0 Å². The van der Waals surface area contributed by atoms with Crippen LogP contribution in [0.3, 0.4) is 0 Å². The van der Waals surface area contributed by atoms with E-state index in [4.69, 9.17) is 5.53 Å². The number of hydrogen-bond donors (Lipinski definition) is 0. The zero-order chi connectivity index (χ0) is 8.27. The molecule has 56 valence electrons. The average molecular weight is 212 g/mol. The molecule has 4 heteroatoms. The van der Waals surface area contributed by atoms with Crippen LogP contribution in [0.15, 0.2) is 27.8 Å². The molecule has 0 aliphatic carbocycles. The Morgan fingerprint density at radius 3 is 2.91 bits per heavy atom. The maximum absolute atomic E-state index is 8.17. The maximum atomic E-state index is 8.17. The van der Waals surface area contributed by atoms with Crippen molar-refractivity contribution in [2.45, 2.75) is 6.92 Å². The molecule has 11 heavy (non-hydrogen) atoms. The molecule has 0 radical (unpaired) electrons. The van der Waals surface area contributed by atoms with Crippen molar-refractivity contribution in [2.24, 2.45) is 5.11 Å². The number of aryl methyl sites for hydroxylation is 1. The van der Waals surface area contributed by atoms with E-state index >= 15 is 0 Å². The van der Waals surface area contributed by atoms with Gasteiger partial charge in [-0.15, -0.1) is 0 Å². The molecule has 0 aliphatic heterocycles. The van der Waals surface area contributed by atoms with Gasteiger partial charge < -0.3 is 0 Å². The number of azide groups is 1. The second kappa shape index (κ2) is 3.42. The summed E-state index contributed by atoms with van der Waals surface area (Å²) in [5.41, 5.74) is 9.88. The lowest BCUT2D eigenvalue weighted by atomic mass is 10.2. The molecule has 0 amide bonds. The number of halogens is 1. The molecule has 0 spiro atoms. The van der Waals surface area contributed by atoms with Crippen LogP contribution in [0.2, 0.25) is 0 Å². The fraction of sp³-hybridized carbons (Fsp3) is 0.143. The molecule has 0 bridgehead atoms. The monoisotopic (exact) mass is 211 g/mol. The summed E-state index contributed by atoms with van der Waals surface area (Å²) in [6.45, 7) is 1.95. The van der Waals surface area contributed by atoms with Crippen LogP contribution in [-0.4, -0.2) is 0 Å². The van der Waals surface area contributed by atoms with Gasteiger partial charge in [-0.1, -0.05) is 32.7 Å². The lowest BCUT2D eigenvalue weighted by Crippen LogP contribution is -1.71. The highest BCUT2D eigenvalue weighted by molar-refractivity contribution is 9.10. The van der Waals surface area contributed by atoms with Crippen molar-refractivity contribution < 1.29 is 0 Å². The fourth-order valence-electron chi connectivity index (χ4n) is 0.748. The van der Waals surface area contributed by atoms with Crippen LogP contribution in [0.4, 0.5) is 5.69 Å². The summed E-state index contributed by atoms with van der Waals surface area (Å²) in [5, 5.41) is 3.50. The van der Waals surface area contributed by atoms with Gasteiger partial charge in [-0.05, 0) is 24.6 Å². The normalized spacial score (nSPS) is 8.91. The number of benzene rings is 1. The van der Waals surface area contributed by atoms with Gasteiger partial charge in [0.05, 0.1) is 5.69 Å². The van der Waals surface area contributed by atoms with Crippen LogP contribution in [0.1, 0.15) is 5.56 Å². The van der Waals surface area contributed by atoms with E-state index < -0.39 is 0 Å². The summed E-state index contributed by atoms with van der Waals surface area (Å²) in [5.74, 6) is 0. The third-order valence-corrected chi connectivity index (χ3v) is 1.92. The molecule has 0 saturated carbocycles.